The van der Waals surface area contributed by atoms with Crippen molar-refractivity contribution in [1.29, 1.82) is 0 Å². The van der Waals surface area contributed by atoms with Gasteiger partial charge in [0.05, 0.1) is 21.3 Å². The minimum atomic E-state index is -0.808. The lowest BCUT2D eigenvalue weighted by Gasteiger charge is -2.06. The molecule has 2 rings (SSSR count). The van der Waals surface area contributed by atoms with E-state index in [2.05, 4.69) is 39.8 Å². The Kier molecular flexibility index (Phi) is 7.66. The molecule has 148 valence electrons. The molecule has 0 unspecified atom stereocenters. The maximum atomic E-state index is 12.1. The highest BCUT2D eigenvalue weighted by Crippen LogP contribution is 2.27. The molecule has 2 heterocycles. The molecule has 11 nitrogen and oxygen atoms in total. The average molecular weight is 389 g/mol. The Balaban J connectivity index is 2.47. The topological polar surface area (TPSA) is 136 Å². The molecule has 0 atom stereocenters. The normalized spacial score (nSPS) is 11.3. The number of ether oxygens (including phenoxy) is 2. The van der Waals surface area contributed by atoms with Gasteiger partial charge in [-0.2, -0.15) is 9.88 Å². The third-order valence-electron chi connectivity index (χ3n) is 3.37. The highest BCUT2D eigenvalue weighted by atomic mass is 17.2. The molecule has 0 aliphatic heterocycles. The lowest BCUT2D eigenvalue weighted by atomic mass is 10.1. The molecule has 0 bridgehead atoms. The number of carbonyl (C=O) groups is 2. The smallest absolute Gasteiger partial charge is 0.413 e. The Morgan fingerprint density at radius 2 is 2.11 bits per heavy atom. The Labute approximate surface area is 160 Å². The van der Waals surface area contributed by atoms with Gasteiger partial charge in [0, 0.05) is 30.6 Å². The zero-order valence-electron chi connectivity index (χ0n) is 15.5. The number of esters is 1. The largest absolute Gasteiger partial charge is 0.464 e. The van der Waals surface area contributed by atoms with Crippen molar-refractivity contribution in [2.75, 3.05) is 21.3 Å². The van der Waals surface area contributed by atoms with E-state index in [-0.39, 0.29) is 17.3 Å². The summed E-state index contributed by atoms with van der Waals surface area (Å²) in [5.74, 6) is -0.827. The summed E-state index contributed by atoms with van der Waals surface area (Å²) in [5.41, 5.74) is 1.87. The predicted molar refractivity (Wildman–Crippen MR) is 98.4 cm³/mol. The number of hydrogen-bond donors (Lipinski definition) is 2. The van der Waals surface area contributed by atoms with Crippen molar-refractivity contribution in [2.45, 2.75) is 6.42 Å². The van der Waals surface area contributed by atoms with E-state index < -0.39 is 12.1 Å². The molecule has 28 heavy (non-hydrogen) atoms. The van der Waals surface area contributed by atoms with Crippen molar-refractivity contribution in [3.63, 3.8) is 0 Å². The highest BCUT2D eigenvalue weighted by Gasteiger charge is 2.19. The van der Waals surface area contributed by atoms with Gasteiger partial charge < -0.3 is 19.3 Å². The van der Waals surface area contributed by atoms with E-state index in [9.17, 15) is 9.59 Å². The zero-order valence-corrected chi connectivity index (χ0v) is 15.5. The van der Waals surface area contributed by atoms with Gasteiger partial charge in [0.2, 0.25) is 12.4 Å². The average Bonchev–Trinajstić information content (AvgIpc) is 3.10. The van der Waals surface area contributed by atoms with E-state index in [1.807, 2.05) is 6.07 Å². The second-order valence-electron chi connectivity index (χ2n) is 5.12. The number of aliphatic imine (C=N–C) groups is 2. The Bertz CT molecular complexity index is 862. The number of amides is 1. The van der Waals surface area contributed by atoms with Crippen LogP contribution in [-0.2, 0) is 25.7 Å². The molecule has 0 aliphatic rings. The first-order chi connectivity index (χ1) is 13.6. The molecule has 2 aromatic heterocycles. The van der Waals surface area contributed by atoms with Crippen molar-refractivity contribution in [3.8, 4) is 0 Å². The van der Waals surface area contributed by atoms with Crippen molar-refractivity contribution < 1.29 is 28.8 Å². The monoisotopic (exact) mass is 389 g/mol. The number of alkyl carbamates (subject to hydrolysis) is 1. The van der Waals surface area contributed by atoms with Gasteiger partial charge in [0.1, 0.15) is 5.69 Å². The van der Waals surface area contributed by atoms with E-state index in [0.29, 0.717) is 12.0 Å². The first kappa shape index (κ1) is 20.6. The van der Waals surface area contributed by atoms with Crippen LogP contribution in [0.4, 0.5) is 10.5 Å². The molecule has 2 aromatic rings. The van der Waals surface area contributed by atoms with Crippen LogP contribution < -0.4 is 5.32 Å². The molecule has 2 N–H and O–H groups in total. The van der Waals surface area contributed by atoms with Crippen LogP contribution in [0, 0.1) is 0 Å². The summed E-state index contributed by atoms with van der Waals surface area (Å²) in [6.07, 6.45) is 5.49. The van der Waals surface area contributed by atoms with Crippen LogP contribution in [0.3, 0.4) is 0 Å². The molecule has 0 fully saturated rings. The summed E-state index contributed by atoms with van der Waals surface area (Å²) in [7, 11) is 3.71. The summed E-state index contributed by atoms with van der Waals surface area (Å²) < 4.78 is 9.32. The first-order valence-corrected chi connectivity index (χ1v) is 7.92. The lowest BCUT2D eigenvalue weighted by Crippen LogP contribution is -2.29. The van der Waals surface area contributed by atoms with Gasteiger partial charge in [-0.25, -0.2) is 14.6 Å². The van der Waals surface area contributed by atoms with Crippen molar-refractivity contribution in [1.82, 2.24) is 15.3 Å². The Hall–Kier alpha value is -3.73. The van der Waals surface area contributed by atoms with Crippen LogP contribution in [0.15, 0.2) is 40.7 Å². The van der Waals surface area contributed by atoms with E-state index in [0.717, 1.165) is 12.0 Å². The maximum Gasteiger partial charge on any atom is 0.413 e. The number of nitrogens with one attached hydrogen (secondary N) is 2. The quantitative estimate of drug-likeness (QED) is 0.252. The van der Waals surface area contributed by atoms with Crippen molar-refractivity contribution in [3.05, 3.63) is 47.5 Å². The fraction of sp³-hybridized carbons (Fsp3) is 0.235. The summed E-state index contributed by atoms with van der Waals surface area (Å²) in [6.45, 7) is 0. The van der Waals surface area contributed by atoms with E-state index in [1.165, 1.54) is 21.3 Å². The van der Waals surface area contributed by atoms with Gasteiger partial charge in [0.15, 0.2) is 5.69 Å². The molecule has 0 aromatic carbocycles. The van der Waals surface area contributed by atoms with Crippen LogP contribution in [0.5, 0.6) is 0 Å². The molecule has 0 radical (unpaired) electrons. The van der Waals surface area contributed by atoms with Gasteiger partial charge in [-0.15, -0.1) is 0 Å². The van der Waals surface area contributed by atoms with Gasteiger partial charge >= 0.3 is 12.1 Å². The van der Waals surface area contributed by atoms with Gasteiger partial charge in [-0.3, -0.25) is 10.3 Å². The SMILES string of the molecule is COOC=NC(=Nc1c(Cc2cccnc2)c[nH]c1C(=O)OC)NC(=O)OC. The molecular formula is C17H19N5O6. The number of aromatic nitrogens is 2. The number of carbonyl (C=O) groups excluding carboxylic acids is 2. The van der Waals surface area contributed by atoms with Crippen molar-refractivity contribution in [2.24, 2.45) is 9.98 Å². The third kappa shape index (κ3) is 5.64. The Morgan fingerprint density at radius 3 is 2.75 bits per heavy atom. The third-order valence-corrected chi connectivity index (χ3v) is 3.37. The molecule has 0 saturated heterocycles. The fourth-order valence-corrected chi connectivity index (χ4v) is 2.15. The summed E-state index contributed by atoms with van der Waals surface area (Å²) in [4.78, 5) is 47.6. The van der Waals surface area contributed by atoms with Crippen LogP contribution in [-0.4, -0.2) is 55.7 Å². The number of pyridine rings is 1. The maximum absolute atomic E-state index is 12.1. The number of aromatic amines is 1. The summed E-state index contributed by atoms with van der Waals surface area (Å²) in [5, 5.41) is 2.32. The molecule has 0 spiro atoms. The lowest BCUT2D eigenvalue weighted by molar-refractivity contribution is -0.187. The summed E-state index contributed by atoms with van der Waals surface area (Å²) >= 11 is 0. The molecular weight excluding hydrogens is 370 g/mol. The first-order valence-electron chi connectivity index (χ1n) is 7.92. The molecule has 0 aliphatic carbocycles. The number of hydrogen-bond acceptors (Lipinski definition) is 8. The van der Waals surface area contributed by atoms with E-state index >= 15 is 0 Å². The second kappa shape index (κ2) is 10.4. The van der Waals surface area contributed by atoms with Crippen molar-refractivity contribution >= 4 is 30.1 Å². The number of rotatable bonds is 6. The van der Waals surface area contributed by atoms with Crippen LogP contribution in [0.25, 0.3) is 0 Å². The number of H-pyrrole nitrogens is 1. The number of methoxy groups -OCH3 is 2. The van der Waals surface area contributed by atoms with Gasteiger partial charge in [-0.05, 0) is 11.6 Å². The fourth-order valence-electron chi connectivity index (χ4n) is 2.15. The molecule has 0 saturated carbocycles. The standard InChI is InChI=1S/C17H19N5O6/c1-25-15(23)14-13(12(9-19-14)7-11-5-4-6-18-8-11)21-16(20-10-28-27-3)22-17(24)26-2/h4-6,8-10,19H,7H2,1-3H3,(H,21,22,24). The minimum Gasteiger partial charge on any atom is -0.464 e. The van der Waals surface area contributed by atoms with E-state index in [1.54, 1.807) is 24.7 Å². The van der Waals surface area contributed by atoms with Crippen LogP contribution in [0.1, 0.15) is 21.6 Å². The number of guanidine groups is 1. The molecule has 11 heteroatoms. The summed E-state index contributed by atoms with van der Waals surface area (Å²) in [6, 6.07) is 3.67. The van der Waals surface area contributed by atoms with E-state index in [4.69, 9.17) is 4.74 Å². The van der Waals surface area contributed by atoms with Gasteiger partial charge in [-0.1, -0.05) is 6.07 Å². The highest BCUT2D eigenvalue weighted by molar-refractivity contribution is 6.01. The molecule has 1 amide bonds. The zero-order chi connectivity index (χ0) is 20.4. The predicted octanol–water partition coefficient (Wildman–Crippen LogP) is 1.74. The second-order valence-corrected chi connectivity index (χ2v) is 5.12. The Morgan fingerprint density at radius 1 is 1.29 bits per heavy atom. The van der Waals surface area contributed by atoms with Crippen LogP contribution in [0.2, 0.25) is 0 Å². The minimum absolute atomic E-state index is 0.0911. The van der Waals surface area contributed by atoms with Crippen LogP contribution >= 0.6 is 0 Å². The van der Waals surface area contributed by atoms with Gasteiger partial charge in [0.25, 0.3) is 0 Å². The number of nitrogens with zero attached hydrogens (tertiary/aromatic N) is 3.